The Balaban J connectivity index is 1.81. The maximum Gasteiger partial charge on any atom is 0.307 e. The van der Waals surface area contributed by atoms with Crippen molar-refractivity contribution in [3.63, 3.8) is 0 Å². The van der Waals surface area contributed by atoms with E-state index in [4.69, 9.17) is 28.3 Å². The number of aliphatic carboxylic acids is 1. The van der Waals surface area contributed by atoms with E-state index in [1.54, 1.807) is 25.1 Å². The van der Waals surface area contributed by atoms with E-state index >= 15 is 0 Å². The first-order valence-electron chi connectivity index (χ1n) is 9.12. The second-order valence-electron chi connectivity index (χ2n) is 7.16. The minimum atomic E-state index is -3.72. The molecule has 2 aromatic carbocycles. The zero-order chi connectivity index (χ0) is 21.3. The molecular weight excluding hydrogens is 435 g/mol. The van der Waals surface area contributed by atoms with Crippen LogP contribution in [-0.2, 0) is 21.2 Å². The Hall–Kier alpha value is -1.80. The van der Waals surface area contributed by atoms with Gasteiger partial charge in [-0.3, -0.25) is 4.79 Å². The highest BCUT2D eigenvalue weighted by atomic mass is 35.5. The van der Waals surface area contributed by atoms with Crippen LogP contribution in [0.2, 0.25) is 10.0 Å². The molecule has 1 N–H and O–H groups in total. The van der Waals surface area contributed by atoms with Crippen LogP contribution in [0.1, 0.15) is 18.1 Å². The third-order valence-corrected chi connectivity index (χ3v) is 7.73. The van der Waals surface area contributed by atoms with Gasteiger partial charge in [-0.2, -0.15) is 4.31 Å². The third kappa shape index (κ3) is 4.69. The second-order valence-corrected chi connectivity index (χ2v) is 9.92. The molecule has 1 fully saturated rings. The topological polar surface area (TPSA) is 77.9 Å². The van der Waals surface area contributed by atoms with Gasteiger partial charge in [-0.1, -0.05) is 29.3 Å². The summed E-state index contributed by atoms with van der Waals surface area (Å²) in [6.45, 7) is 4.86. The van der Waals surface area contributed by atoms with Crippen LogP contribution < -0.4 is 4.90 Å². The predicted octanol–water partition coefficient (Wildman–Crippen LogP) is 3.83. The molecule has 1 aliphatic rings. The minimum Gasteiger partial charge on any atom is -0.481 e. The smallest absolute Gasteiger partial charge is 0.307 e. The fraction of sp³-hybridized carbons (Fsp3) is 0.350. The average molecular weight is 457 g/mol. The summed E-state index contributed by atoms with van der Waals surface area (Å²) in [6, 6.07) is 9.96. The highest BCUT2D eigenvalue weighted by molar-refractivity contribution is 7.89. The van der Waals surface area contributed by atoms with Crippen LogP contribution in [0.4, 0.5) is 5.69 Å². The number of hydrogen-bond acceptors (Lipinski definition) is 4. The Morgan fingerprint density at radius 3 is 2.48 bits per heavy atom. The van der Waals surface area contributed by atoms with Gasteiger partial charge in [-0.05, 0) is 55.3 Å². The monoisotopic (exact) mass is 456 g/mol. The lowest BCUT2D eigenvalue weighted by molar-refractivity contribution is -0.136. The number of piperazine rings is 1. The Morgan fingerprint density at radius 2 is 1.86 bits per heavy atom. The second kappa shape index (κ2) is 8.52. The number of rotatable bonds is 5. The summed E-state index contributed by atoms with van der Waals surface area (Å²) in [5.41, 5.74) is 2.15. The lowest BCUT2D eigenvalue weighted by Crippen LogP contribution is -2.53. The van der Waals surface area contributed by atoms with Crippen molar-refractivity contribution >= 4 is 44.9 Å². The lowest BCUT2D eigenvalue weighted by atomic mass is 10.1. The van der Waals surface area contributed by atoms with E-state index in [1.807, 2.05) is 13.0 Å². The van der Waals surface area contributed by atoms with Crippen molar-refractivity contribution in [2.45, 2.75) is 31.2 Å². The third-order valence-electron chi connectivity index (χ3n) is 5.13. The molecule has 156 valence electrons. The molecule has 0 aromatic heterocycles. The number of carboxylic acids is 1. The van der Waals surface area contributed by atoms with Gasteiger partial charge in [-0.15, -0.1) is 0 Å². The first-order chi connectivity index (χ1) is 13.6. The average Bonchev–Trinajstić information content (AvgIpc) is 2.65. The molecule has 1 aliphatic heterocycles. The van der Waals surface area contributed by atoms with Crippen LogP contribution in [0.15, 0.2) is 41.3 Å². The quantitative estimate of drug-likeness (QED) is 0.739. The first-order valence-corrected chi connectivity index (χ1v) is 11.3. The molecule has 9 heteroatoms. The van der Waals surface area contributed by atoms with Crippen molar-refractivity contribution in [3.05, 3.63) is 57.6 Å². The normalized spacial score (nSPS) is 18.1. The summed E-state index contributed by atoms with van der Waals surface area (Å²) in [5.74, 6) is -0.994. The molecule has 0 spiro atoms. The van der Waals surface area contributed by atoms with Crippen molar-refractivity contribution in [3.8, 4) is 0 Å². The van der Waals surface area contributed by atoms with Crippen molar-refractivity contribution in [1.29, 1.82) is 0 Å². The van der Waals surface area contributed by atoms with Crippen LogP contribution in [0.5, 0.6) is 0 Å². The first kappa shape index (κ1) is 21.9. The number of benzene rings is 2. The van der Waals surface area contributed by atoms with Gasteiger partial charge < -0.3 is 10.0 Å². The van der Waals surface area contributed by atoms with Gasteiger partial charge in [0.25, 0.3) is 0 Å². The van der Waals surface area contributed by atoms with E-state index in [2.05, 4.69) is 4.90 Å². The summed E-state index contributed by atoms with van der Waals surface area (Å²) in [7, 11) is -3.72. The summed E-state index contributed by atoms with van der Waals surface area (Å²) in [4.78, 5) is 13.3. The number of sulfonamides is 1. The molecule has 6 nitrogen and oxygen atoms in total. The van der Waals surface area contributed by atoms with Crippen LogP contribution in [-0.4, -0.2) is 49.5 Å². The largest absolute Gasteiger partial charge is 0.481 e. The summed E-state index contributed by atoms with van der Waals surface area (Å²) < 4.78 is 27.7. The molecule has 0 radical (unpaired) electrons. The molecule has 2 aromatic rings. The van der Waals surface area contributed by atoms with E-state index in [1.165, 1.54) is 16.4 Å². The molecule has 0 amide bonds. The van der Waals surface area contributed by atoms with E-state index in [9.17, 15) is 13.2 Å². The zero-order valence-electron chi connectivity index (χ0n) is 16.1. The predicted molar refractivity (Wildman–Crippen MR) is 115 cm³/mol. The Labute approximate surface area is 180 Å². The van der Waals surface area contributed by atoms with Crippen LogP contribution >= 0.6 is 23.2 Å². The fourth-order valence-electron chi connectivity index (χ4n) is 3.50. The van der Waals surface area contributed by atoms with E-state index < -0.39 is 16.0 Å². The number of carbonyl (C=O) groups is 1. The Morgan fingerprint density at radius 1 is 1.14 bits per heavy atom. The van der Waals surface area contributed by atoms with Crippen LogP contribution in [0.3, 0.4) is 0 Å². The number of anilines is 1. The van der Waals surface area contributed by atoms with Crippen LogP contribution in [0.25, 0.3) is 0 Å². The van der Waals surface area contributed by atoms with Gasteiger partial charge in [0.1, 0.15) is 0 Å². The SMILES string of the molecule is Cc1ccc(S(=O)(=O)N2CCN(c3ccc(Cl)c(Cl)c3)[C@@H](C)C2)cc1CC(=O)O. The number of aryl methyl sites for hydroxylation is 1. The summed E-state index contributed by atoms with van der Waals surface area (Å²) >= 11 is 12.1. The van der Waals surface area contributed by atoms with E-state index in [0.29, 0.717) is 35.2 Å². The molecule has 0 unspecified atom stereocenters. The number of halogens is 2. The Bertz CT molecular complexity index is 1040. The molecule has 29 heavy (non-hydrogen) atoms. The summed E-state index contributed by atoms with van der Waals surface area (Å²) in [6.07, 6.45) is -0.212. The van der Waals surface area contributed by atoms with Gasteiger partial charge in [0, 0.05) is 31.4 Å². The van der Waals surface area contributed by atoms with E-state index in [0.717, 1.165) is 11.3 Å². The molecule has 3 rings (SSSR count). The van der Waals surface area contributed by atoms with Crippen molar-refractivity contribution in [1.82, 2.24) is 4.31 Å². The van der Waals surface area contributed by atoms with Gasteiger partial charge in [0.2, 0.25) is 10.0 Å². The number of hydrogen-bond donors (Lipinski definition) is 1. The van der Waals surface area contributed by atoms with Gasteiger partial charge in [0.05, 0.1) is 21.4 Å². The van der Waals surface area contributed by atoms with Crippen molar-refractivity contribution in [2.24, 2.45) is 0 Å². The molecule has 0 aliphatic carbocycles. The number of carboxylic acid groups (broad SMARTS) is 1. The minimum absolute atomic E-state index is 0.0697. The van der Waals surface area contributed by atoms with E-state index in [-0.39, 0.29) is 17.4 Å². The van der Waals surface area contributed by atoms with Gasteiger partial charge in [0.15, 0.2) is 0 Å². The van der Waals surface area contributed by atoms with Crippen LogP contribution in [0, 0.1) is 6.92 Å². The zero-order valence-corrected chi connectivity index (χ0v) is 18.4. The van der Waals surface area contributed by atoms with Crippen molar-refractivity contribution in [2.75, 3.05) is 24.5 Å². The molecule has 1 heterocycles. The fourth-order valence-corrected chi connectivity index (χ4v) is 5.36. The van der Waals surface area contributed by atoms with Gasteiger partial charge in [-0.25, -0.2) is 8.42 Å². The summed E-state index contributed by atoms with van der Waals surface area (Å²) in [5, 5.41) is 9.99. The van der Waals surface area contributed by atoms with Gasteiger partial charge >= 0.3 is 5.97 Å². The molecule has 0 bridgehead atoms. The Kier molecular flexibility index (Phi) is 6.43. The molecule has 0 saturated carbocycles. The molecular formula is C20H22Cl2N2O4S. The maximum absolute atomic E-state index is 13.1. The lowest BCUT2D eigenvalue weighted by Gasteiger charge is -2.40. The highest BCUT2D eigenvalue weighted by Gasteiger charge is 2.32. The maximum atomic E-state index is 13.1. The molecule has 1 atom stereocenters. The number of nitrogens with zero attached hydrogens (tertiary/aromatic N) is 2. The molecule has 1 saturated heterocycles. The highest BCUT2D eigenvalue weighted by Crippen LogP contribution is 2.30. The standard InChI is InChI=1S/C20H22Cl2N2O4S/c1-13-3-5-17(9-15(13)10-20(25)26)29(27,28)23-7-8-24(14(2)12-23)16-4-6-18(21)19(22)11-16/h3-6,9,11,14H,7-8,10,12H2,1-2H3,(H,25,26)/t14-/m0/s1. The van der Waals surface area contributed by atoms with Crippen molar-refractivity contribution < 1.29 is 18.3 Å².